The van der Waals surface area contributed by atoms with Crippen LogP contribution in [-0.2, 0) is 0 Å². The third-order valence-corrected chi connectivity index (χ3v) is 3.88. The Kier molecular flexibility index (Phi) is 4.54. The van der Waals surface area contributed by atoms with E-state index in [9.17, 15) is 4.79 Å². The van der Waals surface area contributed by atoms with E-state index in [0.29, 0.717) is 0 Å². The molecule has 0 saturated carbocycles. The van der Waals surface area contributed by atoms with E-state index in [0.717, 1.165) is 31.0 Å². The van der Waals surface area contributed by atoms with Gasteiger partial charge in [-0.2, -0.15) is 0 Å². The fraction of sp³-hybridized carbons (Fsp3) is 0.562. The smallest absolute Gasteiger partial charge is 0.179 e. The van der Waals surface area contributed by atoms with E-state index < -0.39 is 0 Å². The quantitative estimate of drug-likeness (QED) is 0.758. The highest BCUT2D eigenvalue weighted by Crippen LogP contribution is 2.21. The molecule has 2 rings (SSSR count). The molecule has 0 bridgehead atoms. The number of ketones is 1. The van der Waals surface area contributed by atoms with Crippen LogP contribution in [-0.4, -0.2) is 29.8 Å². The maximum atomic E-state index is 12.5. The maximum absolute atomic E-state index is 12.5. The molecule has 0 aromatic heterocycles. The Morgan fingerprint density at radius 2 is 2.11 bits per heavy atom. The molecule has 1 aromatic carbocycles. The van der Waals surface area contributed by atoms with Crippen molar-refractivity contribution < 1.29 is 4.79 Å². The number of benzene rings is 1. The number of hydrogen-bond acceptors (Lipinski definition) is 2. The van der Waals surface area contributed by atoms with Crippen LogP contribution >= 0.6 is 0 Å². The van der Waals surface area contributed by atoms with Crippen molar-refractivity contribution in [2.75, 3.05) is 13.1 Å². The lowest BCUT2D eigenvalue weighted by atomic mass is 9.94. The van der Waals surface area contributed by atoms with Crippen molar-refractivity contribution in [1.29, 1.82) is 0 Å². The molecular formula is C16H23NO. The van der Waals surface area contributed by atoms with Gasteiger partial charge < -0.3 is 0 Å². The fourth-order valence-corrected chi connectivity index (χ4v) is 2.91. The Morgan fingerprint density at radius 1 is 1.39 bits per heavy atom. The molecule has 2 nitrogen and oxygen atoms in total. The predicted molar refractivity (Wildman–Crippen MR) is 74.8 cm³/mol. The van der Waals surface area contributed by atoms with Crippen LogP contribution in [0.25, 0.3) is 0 Å². The number of Topliss-reactive ketones (excluding diaryl/α,β-unsaturated/α-hetero) is 1. The minimum atomic E-state index is 0.0650. The SMILES string of the molecule is CCC(C(=O)c1ccccc1)N1CCCC(C)C1. The first-order valence-electron chi connectivity index (χ1n) is 7.05. The minimum absolute atomic E-state index is 0.0650. The van der Waals surface area contributed by atoms with Gasteiger partial charge >= 0.3 is 0 Å². The number of likely N-dealkylation sites (tertiary alicyclic amines) is 1. The first kappa shape index (κ1) is 13.3. The Hall–Kier alpha value is -1.15. The molecule has 1 aliphatic rings. The molecule has 2 heteroatoms. The summed E-state index contributed by atoms with van der Waals surface area (Å²) in [6, 6.07) is 9.77. The number of piperidine rings is 1. The van der Waals surface area contributed by atoms with Crippen LogP contribution < -0.4 is 0 Å². The van der Waals surface area contributed by atoms with Gasteiger partial charge in [0.15, 0.2) is 5.78 Å². The van der Waals surface area contributed by atoms with Gasteiger partial charge in [0, 0.05) is 12.1 Å². The summed E-state index contributed by atoms with van der Waals surface area (Å²) in [6.45, 7) is 6.54. The van der Waals surface area contributed by atoms with Crippen molar-refractivity contribution in [3.8, 4) is 0 Å². The topological polar surface area (TPSA) is 20.3 Å². The summed E-state index contributed by atoms with van der Waals surface area (Å²) < 4.78 is 0. The van der Waals surface area contributed by atoms with Gasteiger partial charge in [-0.05, 0) is 31.7 Å². The van der Waals surface area contributed by atoms with Crippen LogP contribution in [0.15, 0.2) is 30.3 Å². The van der Waals surface area contributed by atoms with Crippen LogP contribution in [0.3, 0.4) is 0 Å². The van der Waals surface area contributed by atoms with Crippen molar-refractivity contribution in [3.05, 3.63) is 35.9 Å². The van der Waals surface area contributed by atoms with Gasteiger partial charge in [0.1, 0.15) is 0 Å². The lowest BCUT2D eigenvalue weighted by Crippen LogP contribution is -2.46. The molecule has 98 valence electrons. The van der Waals surface area contributed by atoms with Gasteiger partial charge in [-0.3, -0.25) is 9.69 Å². The Balaban J connectivity index is 2.10. The highest BCUT2D eigenvalue weighted by atomic mass is 16.1. The Morgan fingerprint density at radius 3 is 2.72 bits per heavy atom. The summed E-state index contributed by atoms with van der Waals surface area (Å²) in [5, 5.41) is 0. The summed E-state index contributed by atoms with van der Waals surface area (Å²) in [7, 11) is 0. The molecular weight excluding hydrogens is 222 g/mol. The van der Waals surface area contributed by atoms with Gasteiger partial charge in [-0.25, -0.2) is 0 Å². The number of carbonyl (C=O) groups excluding carboxylic acids is 1. The van der Waals surface area contributed by atoms with Crippen molar-refractivity contribution in [3.63, 3.8) is 0 Å². The Bertz CT molecular complexity index is 387. The molecule has 0 N–H and O–H groups in total. The number of hydrogen-bond donors (Lipinski definition) is 0. The molecule has 18 heavy (non-hydrogen) atoms. The summed E-state index contributed by atoms with van der Waals surface area (Å²) in [4.78, 5) is 14.9. The zero-order valence-corrected chi connectivity index (χ0v) is 11.4. The molecule has 1 saturated heterocycles. The minimum Gasteiger partial charge on any atom is -0.293 e. The molecule has 2 atom stereocenters. The van der Waals surface area contributed by atoms with Gasteiger partial charge in [0.05, 0.1) is 6.04 Å². The summed E-state index contributed by atoms with van der Waals surface area (Å²) in [6.07, 6.45) is 3.42. The van der Waals surface area contributed by atoms with Crippen LogP contribution in [0.5, 0.6) is 0 Å². The number of rotatable bonds is 4. The first-order valence-corrected chi connectivity index (χ1v) is 7.05. The third kappa shape index (κ3) is 2.99. The monoisotopic (exact) mass is 245 g/mol. The molecule has 0 aliphatic carbocycles. The van der Waals surface area contributed by atoms with Crippen molar-refractivity contribution in [2.45, 2.75) is 39.2 Å². The second-order valence-corrected chi connectivity index (χ2v) is 5.40. The molecule has 0 spiro atoms. The average molecular weight is 245 g/mol. The zero-order valence-electron chi connectivity index (χ0n) is 11.4. The average Bonchev–Trinajstić information content (AvgIpc) is 2.40. The van der Waals surface area contributed by atoms with Crippen LogP contribution in [0.4, 0.5) is 0 Å². The van der Waals surface area contributed by atoms with Crippen molar-refractivity contribution >= 4 is 5.78 Å². The normalized spacial score (nSPS) is 22.7. The van der Waals surface area contributed by atoms with Gasteiger partial charge in [0.2, 0.25) is 0 Å². The lowest BCUT2D eigenvalue weighted by Gasteiger charge is -2.36. The Labute approximate surface area is 110 Å². The molecule has 2 unspecified atom stereocenters. The van der Waals surface area contributed by atoms with Crippen molar-refractivity contribution in [2.24, 2.45) is 5.92 Å². The molecule has 1 heterocycles. The van der Waals surface area contributed by atoms with Crippen molar-refractivity contribution in [1.82, 2.24) is 4.90 Å². The van der Waals surface area contributed by atoms with E-state index in [2.05, 4.69) is 18.7 Å². The molecule has 0 radical (unpaired) electrons. The predicted octanol–water partition coefficient (Wildman–Crippen LogP) is 3.38. The van der Waals surface area contributed by atoms with Crippen LogP contribution in [0.2, 0.25) is 0 Å². The van der Waals surface area contributed by atoms with E-state index in [4.69, 9.17) is 0 Å². The number of nitrogens with zero attached hydrogens (tertiary/aromatic N) is 1. The molecule has 0 amide bonds. The van der Waals surface area contributed by atoms with E-state index in [1.165, 1.54) is 12.8 Å². The third-order valence-electron chi connectivity index (χ3n) is 3.88. The fourth-order valence-electron chi connectivity index (χ4n) is 2.91. The standard InChI is InChI=1S/C16H23NO/c1-3-15(17-11-7-8-13(2)12-17)16(18)14-9-5-4-6-10-14/h4-6,9-10,13,15H,3,7-8,11-12H2,1-2H3. The first-order chi connectivity index (χ1) is 8.72. The van der Waals surface area contributed by atoms with Crippen LogP contribution in [0.1, 0.15) is 43.5 Å². The van der Waals surface area contributed by atoms with E-state index in [1.54, 1.807) is 0 Å². The van der Waals surface area contributed by atoms with E-state index in [1.807, 2.05) is 30.3 Å². The zero-order chi connectivity index (χ0) is 13.0. The van der Waals surface area contributed by atoms with E-state index in [-0.39, 0.29) is 11.8 Å². The lowest BCUT2D eigenvalue weighted by molar-refractivity contribution is 0.0727. The summed E-state index contributed by atoms with van der Waals surface area (Å²) >= 11 is 0. The van der Waals surface area contributed by atoms with Gasteiger partial charge in [0.25, 0.3) is 0 Å². The van der Waals surface area contributed by atoms with Gasteiger partial charge in [-0.1, -0.05) is 44.2 Å². The highest BCUT2D eigenvalue weighted by molar-refractivity contribution is 6.00. The van der Waals surface area contributed by atoms with Gasteiger partial charge in [-0.15, -0.1) is 0 Å². The highest BCUT2D eigenvalue weighted by Gasteiger charge is 2.28. The summed E-state index contributed by atoms with van der Waals surface area (Å²) in [5.41, 5.74) is 0.850. The summed E-state index contributed by atoms with van der Waals surface area (Å²) in [5.74, 6) is 1.00. The maximum Gasteiger partial charge on any atom is 0.179 e. The molecule has 1 aromatic rings. The molecule has 1 fully saturated rings. The number of carbonyl (C=O) groups is 1. The molecule has 1 aliphatic heterocycles. The van der Waals surface area contributed by atoms with Crippen LogP contribution in [0, 0.1) is 5.92 Å². The second-order valence-electron chi connectivity index (χ2n) is 5.40. The largest absolute Gasteiger partial charge is 0.293 e. The second kappa shape index (κ2) is 6.14. The van der Waals surface area contributed by atoms with E-state index >= 15 is 0 Å².